The molecule has 1 N–H and O–H groups in total. The first-order valence-corrected chi connectivity index (χ1v) is 7.75. The molecular formula is C14H16ClN3S. The topological polar surface area (TPSA) is 28.2 Å². The minimum Gasteiger partial charge on any atom is -0.377 e. The van der Waals surface area contributed by atoms with E-state index in [0.29, 0.717) is 0 Å². The molecule has 3 rings (SSSR count). The first kappa shape index (κ1) is 12.8. The van der Waals surface area contributed by atoms with Gasteiger partial charge in [0.25, 0.3) is 0 Å². The van der Waals surface area contributed by atoms with Gasteiger partial charge in [-0.2, -0.15) is 0 Å². The van der Waals surface area contributed by atoms with E-state index in [4.69, 9.17) is 11.6 Å². The monoisotopic (exact) mass is 293 g/mol. The van der Waals surface area contributed by atoms with Crippen molar-refractivity contribution in [3.8, 4) is 0 Å². The van der Waals surface area contributed by atoms with E-state index in [0.717, 1.165) is 36.2 Å². The van der Waals surface area contributed by atoms with Crippen molar-refractivity contribution in [1.82, 2.24) is 4.98 Å². The largest absolute Gasteiger partial charge is 0.377 e. The van der Waals surface area contributed by atoms with E-state index in [1.165, 1.54) is 17.7 Å². The van der Waals surface area contributed by atoms with Crippen molar-refractivity contribution in [2.45, 2.75) is 19.4 Å². The Morgan fingerprint density at radius 3 is 2.95 bits per heavy atom. The number of aromatic nitrogens is 1. The van der Waals surface area contributed by atoms with Gasteiger partial charge in [0, 0.05) is 36.1 Å². The zero-order valence-corrected chi connectivity index (χ0v) is 12.2. The molecule has 1 fully saturated rings. The van der Waals surface area contributed by atoms with Crippen LogP contribution in [0.2, 0.25) is 5.02 Å². The summed E-state index contributed by atoms with van der Waals surface area (Å²) in [6.07, 6.45) is 4.38. The number of thiophene rings is 1. The Morgan fingerprint density at radius 1 is 1.37 bits per heavy atom. The minimum absolute atomic E-state index is 0.796. The molecule has 0 bridgehead atoms. The molecule has 0 aromatic carbocycles. The lowest BCUT2D eigenvalue weighted by Crippen LogP contribution is -2.20. The fraction of sp³-hybridized carbons (Fsp3) is 0.357. The number of pyridine rings is 1. The third kappa shape index (κ3) is 3.01. The first-order valence-electron chi connectivity index (χ1n) is 6.50. The maximum Gasteiger partial charge on any atom is 0.151 e. The quantitative estimate of drug-likeness (QED) is 0.923. The fourth-order valence-corrected chi connectivity index (χ4v) is 3.36. The van der Waals surface area contributed by atoms with E-state index in [9.17, 15) is 0 Å². The molecule has 0 spiro atoms. The zero-order valence-electron chi connectivity index (χ0n) is 10.6. The highest BCUT2D eigenvalue weighted by Gasteiger charge is 2.16. The number of rotatable bonds is 4. The lowest BCUT2D eigenvalue weighted by atomic mass is 10.3. The molecule has 0 radical (unpaired) electrons. The molecule has 1 aliphatic rings. The Labute approximate surface area is 122 Å². The van der Waals surface area contributed by atoms with Crippen molar-refractivity contribution in [3.05, 3.63) is 39.7 Å². The Morgan fingerprint density at radius 2 is 2.21 bits per heavy atom. The Hall–Kier alpha value is -1.26. The molecule has 0 saturated carbocycles. The van der Waals surface area contributed by atoms with Gasteiger partial charge in [-0.15, -0.1) is 11.3 Å². The average Bonchev–Trinajstić information content (AvgIpc) is 3.08. The molecule has 5 heteroatoms. The Balaban J connectivity index is 1.73. The summed E-state index contributed by atoms with van der Waals surface area (Å²) in [6.45, 7) is 3.01. The molecule has 19 heavy (non-hydrogen) atoms. The van der Waals surface area contributed by atoms with Crippen LogP contribution in [-0.4, -0.2) is 18.1 Å². The van der Waals surface area contributed by atoms with Crippen molar-refractivity contribution in [1.29, 1.82) is 0 Å². The van der Waals surface area contributed by atoms with Crippen LogP contribution in [0.15, 0.2) is 29.8 Å². The third-order valence-corrected chi connectivity index (χ3v) is 4.55. The van der Waals surface area contributed by atoms with E-state index >= 15 is 0 Å². The van der Waals surface area contributed by atoms with Crippen molar-refractivity contribution in [2.24, 2.45) is 0 Å². The van der Waals surface area contributed by atoms with E-state index in [1.54, 1.807) is 11.3 Å². The molecule has 0 aliphatic carbocycles. The second-order valence-electron chi connectivity index (χ2n) is 4.65. The maximum absolute atomic E-state index is 5.94. The molecule has 100 valence electrons. The summed E-state index contributed by atoms with van der Waals surface area (Å²) >= 11 is 7.62. The van der Waals surface area contributed by atoms with Gasteiger partial charge in [0.2, 0.25) is 0 Å². The summed E-state index contributed by atoms with van der Waals surface area (Å²) in [5.74, 6) is 1.07. The van der Waals surface area contributed by atoms with E-state index in [2.05, 4.69) is 21.3 Å². The van der Waals surface area contributed by atoms with Gasteiger partial charge in [-0.05, 0) is 31.0 Å². The molecule has 1 aliphatic heterocycles. The number of halogens is 1. The van der Waals surface area contributed by atoms with Gasteiger partial charge in [-0.3, -0.25) is 0 Å². The smallest absolute Gasteiger partial charge is 0.151 e. The summed E-state index contributed by atoms with van der Waals surface area (Å²) in [5, 5.41) is 6.24. The number of hydrogen-bond donors (Lipinski definition) is 1. The van der Waals surface area contributed by atoms with Gasteiger partial charge in [-0.25, -0.2) is 4.98 Å². The molecule has 3 heterocycles. The van der Waals surface area contributed by atoms with Crippen molar-refractivity contribution >= 4 is 34.4 Å². The van der Waals surface area contributed by atoms with E-state index in [-0.39, 0.29) is 0 Å². The van der Waals surface area contributed by atoms with Crippen molar-refractivity contribution < 1.29 is 0 Å². The minimum atomic E-state index is 0.796. The van der Waals surface area contributed by atoms with Gasteiger partial charge in [0.1, 0.15) is 0 Å². The summed E-state index contributed by atoms with van der Waals surface area (Å²) in [4.78, 5) is 8.11. The van der Waals surface area contributed by atoms with Crippen LogP contribution in [0.1, 0.15) is 17.7 Å². The molecular weight excluding hydrogens is 278 g/mol. The standard InChI is InChI=1S/C14H16ClN3S/c15-11-8-12(19-10-11)9-17-13-4-3-5-16-14(13)18-6-1-2-7-18/h3-5,8,10,17H,1-2,6-7,9H2. The number of hydrogen-bond acceptors (Lipinski definition) is 4. The Bertz CT molecular complexity index is 549. The van der Waals surface area contributed by atoms with Crippen molar-refractivity contribution in [3.63, 3.8) is 0 Å². The summed E-state index contributed by atoms with van der Waals surface area (Å²) in [5.41, 5.74) is 1.11. The van der Waals surface area contributed by atoms with Crippen LogP contribution < -0.4 is 10.2 Å². The van der Waals surface area contributed by atoms with Crippen LogP contribution in [0, 0.1) is 0 Å². The summed E-state index contributed by atoms with van der Waals surface area (Å²) in [6, 6.07) is 6.07. The number of nitrogens with one attached hydrogen (secondary N) is 1. The first-order chi connectivity index (χ1) is 9.33. The molecule has 3 nitrogen and oxygen atoms in total. The van der Waals surface area contributed by atoms with E-state index < -0.39 is 0 Å². The lowest BCUT2D eigenvalue weighted by Gasteiger charge is -2.20. The lowest BCUT2D eigenvalue weighted by molar-refractivity contribution is 0.935. The second kappa shape index (κ2) is 5.80. The average molecular weight is 294 g/mol. The van der Waals surface area contributed by atoms with Gasteiger partial charge in [0.15, 0.2) is 5.82 Å². The normalized spacial score (nSPS) is 14.9. The number of anilines is 2. The van der Waals surface area contributed by atoms with Gasteiger partial charge in [0.05, 0.1) is 10.7 Å². The fourth-order valence-electron chi connectivity index (χ4n) is 2.34. The summed E-state index contributed by atoms with van der Waals surface area (Å²) in [7, 11) is 0. The Kier molecular flexibility index (Phi) is 3.89. The number of nitrogens with zero attached hydrogens (tertiary/aromatic N) is 2. The molecule has 0 amide bonds. The predicted octanol–water partition coefficient (Wildman–Crippen LogP) is 4.01. The van der Waals surface area contributed by atoms with Crippen LogP contribution in [0.3, 0.4) is 0 Å². The SMILES string of the molecule is Clc1csc(CNc2cccnc2N2CCCC2)c1. The third-order valence-electron chi connectivity index (χ3n) is 3.27. The second-order valence-corrected chi connectivity index (χ2v) is 6.09. The molecule has 0 unspecified atom stereocenters. The predicted molar refractivity (Wildman–Crippen MR) is 82.3 cm³/mol. The van der Waals surface area contributed by atoms with Crippen LogP contribution in [0.4, 0.5) is 11.5 Å². The maximum atomic E-state index is 5.94. The van der Waals surface area contributed by atoms with Crippen LogP contribution in [0.25, 0.3) is 0 Å². The zero-order chi connectivity index (χ0) is 13.1. The van der Waals surface area contributed by atoms with Crippen LogP contribution in [-0.2, 0) is 6.54 Å². The molecule has 0 atom stereocenters. The molecule has 2 aromatic rings. The van der Waals surface area contributed by atoms with Gasteiger partial charge < -0.3 is 10.2 Å². The highest BCUT2D eigenvalue weighted by atomic mass is 35.5. The molecule has 1 saturated heterocycles. The van der Waals surface area contributed by atoms with Crippen LogP contribution >= 0.6 is 22.9 Å². The van der Waals surface area contributed by atoms with Crippen LogP contribution in [0.5, 0.6) is 0 Å². The van der Waals surface area contributed by atoms with Crippen molar-refractivity contribution in [2.75, 3.05) is 23.3 Å². The highest BCUT2D eigenvalue weighted by molar-refractivity contribution is 7.10. The summed E-state index contributed by atoms with van der Waals surface area (Å²) < 4.78 is 0. The van der Waals surface area contributed by atoms with Gasteiger partial charge >= 0.3 is 0 Å². The van der Waals surface area contributed by atoms with E-state index in [1.807, 2.05) is 23.7 Å². The molecule has 2 aromatic heterocycles. The highest BCUT2D eigenvalue weighted by Crippen LogP contribution is 2.27. The van der Waals surface area contributed by atoms with Gasteiger partial charge in [-0.1, -0.05) is 11.6 Å².